The van der Waals surface area contributed by atoms with Crippen LogP contribution in [0.3, 0.4) is 0 Å². The number of ether oxygens (including phenoxy) is 2. The van der Waals surface area contributed by atoms with Crippen LogP contribution in [0.4, 0.5) is 28.4 Å². The summed E-state index contributed by atoms with van der Waals surface area (Å²) < 4.78 is 54.0. The summed E-state index contributed by atoms with van der Waals surface area (Å²) in [4.78, 5) is 73.6. The SMILES string of the molecule is COC(=O)N[C@H](C(=O)N1C[C@@H](F)C[C@H]1c1nc2c([nH]1)C=CC([C@H]1CC[C@H](c3ccc4[nH]c([C@@H]5C[C@H](F)CN5C(=O)[C@@H](NC(=O)OC)C(C)C)nc4c3)N1c1ccc(F)cc1)C2)C(C)C. The number of amides is 4. The van der Waals surface area contributed by atoms with Crippen molar-refractivity contribution in [1.29, 1.82) is 0 Å². The lowest BCUT2D eigenvalue weighted by Crippen LogP contribution is -2.51. The number of fused-ring (bicyclic) bond motifs is 2. The Morgan fingerprint density at radius 2 is 1.34 bits per heavy atom. The molecule has 1 unspecified atom stereocenters. The number of nitrogens with zero attached hydrogens (tertiary/aromatic N) is 5. The number of aromatic amines is 2. The Kier molecular flexibility index (Phi) is 12.7. The number of carbonyl (C=O) groups excluding carboxylic acids is 4. The summed E-state index contributed by atoms with van der Waals surface area (Å²) >= 11 is 0. The van der Waals surface area contributed by atoms with E-state index in [9.17, 15) is 23.6 Å². The molecule has 64 heavy (non-hydrogen) atoms. The molecule has 0 spiro atoms. The lowest BCUT2D eigenvalue weighted by molar-refractivity contribution is -0.136. The highest BCUT2D eigenvalue weighted by Gasteiger charge is 2.45. The van der Waals surface area contributed by atoms with E-state index in [2.05, 4.69) is 31.6 Å². The summed E-state index contributed by atoms with van der Waals surface area (Å²) in [6.07, 6.45) is 2.39. The highest BCUT2D eigenvalue weighted by Crippen LogP contribution is 2.45. The molecule has 0 bridgehead atoms. The van der Waals surface area contributed by atoms with Gasteiger partial charge in [0.1, 0.15) is 41.9 Å². The zero-order chi connectivity index (χ0) is 45.6. The standard InChI is InChI=1S/C46H56F3N9O6/c1-23(2)39(54-45(61)63-5)43(59)56-21-28(48)19-37(56)41-50-31-13-7-25(17-33(31)52-41)35-15-16-36(58(35)30-11-9-27(47)10-12-30)26-8-14-32-34(18-26)53-42(51-32)38-20-29(49)22-57(38)44(60)40(24(3)4)55-46(62)64-6/h7-14,17,23-24,26,28-29,35-40H,15-16,18-22H2,1-6H3,(H,50,52)(H,51,53)(H,54,61)(H,55,62)/t26?,28-,29-,35+,36+,37-,38-,39-,40-/m0/s1. The van der Waals surface area contributed by atoms with Crippen LogP contribution >= 0.6 is 0 Å². The van der Waals surface area contributed by atoms with Gasteiger partial charge in [0.15, 0.2) is 0 Å². The van der Waals surface area contributed by atoms with Crippen molar-refractivity contribution in [2.45, 2.75) is 108 Å². The van der Waals surface area contributed by atoms with Gasteiger partial charge in [-0.2, -0.15) is 0 Å². The summed E-state index contributed by atoms with van der Waals surface area (Å²) in [6.45, 7) is 6.96. The van der Waals surface area contributed by atoms with Crippen molar-refractivity contribution in [3.05, 3.63) is 83.0 Å². The van der Waals surface area contributed by atoms with Crippen LogP contribution in [0.2, 0.25) is 0 Å². The quantitative estimate of drug-likeness (QED) is 0.123. The number of hydrogen-bond donors (Lipinski definition) is 4. The summed E-state index contributed by atoms with van der Waals surface area (Å²) in [7, 11) is 2.44. The Hall–Kier alpha value is -6.07. The smallest absolute Gasteiger partial charge is 0.407 e. The molecule has 3 aliphatic heterocycles. The summed E-state index contributed by atoms with van der Waals surface area (Å²) in [5.74, 6) is -0.788. The van der Waals surface area contributed by atoms with E-state index in [4.69, 9.17) is 19.4 Å². The number of carbonyl (C=O) groups is 4. The van der Waals surface area contributed by atoms with Gasteiger partial charge in [-0.05, 0) is 72.7 Å². The monoisotopic (exact) mass is 887 g/mol. The fraction of sp³-hybridized carbons (Fsp3) is 0.522. The number of nitrogens with one attached hydrogen (secondary N) is 4. The predicted octanol–water partition coefficient (Wildman–Crippen LogP) is 7.01. The number of H-pyrrole nitrogens is 2. The van der Waals surface area contributed by atoms with Crippen LogP contribution in [0.25, 0.3) is 17.1 Å². The molecule has 4 amide bonds. The molecular formula is C46H56F3N9O6. The molecule has 3 saturated heterocycles. The number of likely N-dealkylation sites (tertiary alicyclic amines) is 2. The Balaban J connectivity index is 1.04. The van der Waals surface area contributed by atoms with Gasteiger partial charge in [0, 0.05) is 36.9 Å². The predicted molar refractivity (Wildman–Crippen MR) is 232 cm³/mol. The van der Waals surface area contributed by atoms with Crippen LogP contribution in [-0.2, 0) is 25.5 Å². The number of aromatic nitrogens is 4. The molecule has 4 aromatic rings. The van der Waals surface area contributed by atoms with E-state index < -0.39 is 60.5 Å². The average Bonchev–Trinajstić information content (AvgIpc) is 4.12. The second-order valence-corrected chi connectivity index (χ2v) is 18.0. The van der Waals surface area contributed by atoms with Crippen molar-refractivity contribution >= 4 is 46.8 Å². The Labute approximate surface area is 369 Å². The van der Waals surface area contributed by atoms with E-state index in [-0.39, 0.29) is 61.6 Å². The molecule has 4 N–H and O–H groups in total. The lowest BCUT2D eigenvalue weighted by Gasteiger charge is -2.37. The van der Waals surface area contributed by atoms with E-state index >= 15 is 8.78 Å². The topological polar surface area (TPSA) is 178 Å². The number of benzene rings is 2. The highest BCUT2D eigenvalue weighted by molar-refractivity contribution is 5.87. The molecule has 2 aromatic heterocycles. The molecule has 2 aromatic carbocycles. The number of anilines is 1. The second-order valence-electron chi connectivity index (χ2n) is 18.0. The largest absolute Gasteiger partial charge is 0.453 e. The maximum Gasteiger partial charge on any atom is 0.407 e. The summed E-state index contributed by atoms with van der Waals surface area (Å²) in [6, 6.07) is 9.17. The van der Waals surface area contributed by atoms with E-state index in [0.717, 1.165) is 41.0 Å². The number of alkyl carbamates (subject to hydrolysis) is 2. The molecule has 0 radical (unpaired) electrons. The first-order valence-electron chi connectivity index (χ1n) is 22.0. The van der Waals surface area contributed by atoms with Gasteiger partial charge < -0.3 is 44.8 Å². The third kappa shape index (κ3) is 8.74. The number of hydrogen-bond acceptors (Lipinski definition) is 9. The zero-order valence-electron chi connectivity index (χ0n) is 36.8. The minimum atomic E-state index is -1.27. The fourth-order valence-corrected chi connectivity index (χ4v) is 9.98. The van der Waals surface area contributed by atoms with Crippen molar-refractivity contribution in [3.8, 4) is 0 Å². The average molecular weight is 888 g/mol. The number of imidazole rings is 2. The van der Waals surface area contributed by atoms with Crippen LogP contribution in [-0.4, -0.2) is 112 Å². The molecule has 0 saturated carbocycles. The molecule has 342 valence electrons. The third-order valence-electron chi connectivity index (χ3n) is 13.2. The molecule has 5 heterocycles. The number of rotatable bonds is 11. The van der Waals surface area contributed by atoms with Gasteiger partial charge in [0.25, 0.3) is 0 Å². The minimum absolute atomic E-state index is 0.00731. The van der Waals surface area contributed by atoms with Gasteiger partial charge in [-0.3, -0.25) is 9.59 Å². The lowest BCUT2D eigenvalue weighted by atomic mass is 9.88. The first kappa shape index (κ1) is 44.5. The number of methoxy groups -OCH3 is 2. The molecule has 1 aliphatic carbocycles. The van der Waals surface area contributed by atoms with Crippen molar-refractivity contribution in [1.82, 2.24) is 40.4 Å². The van der Waals surface area contributed by atoms with Gasteiger partial charge in [-0.1, -0.05) is 39.8 Å². The Morgan fingerprint density at radius 3 is 1.91 bits per heavy atom. The fourth-order valence-electron chi connectivity index (χ4n) is 9.98. The van der Waals surface area contributed by atoms with Crippen LogP contribution in [0, 0.1) is 23.6 Å². The molecular weight excluding hydrogens is 832 g/mol. The van der Waals surface area contributed by atoms with Crippen LogP contribution in [0.1, 0.15) is 100 Å². The summed E-state index contributed by atoms with van der Waals surface area (Å²) in [5.41, 5.74) is 4.80. The van der Waals surface area contributed by atoms with Crippen LogP contribution < -0.4 is 15.5 Å². The Bertz CT molecular complexity index is 2400. The molecule has 4 aliphatic rings. The van der Waals surface area contributed by atoms with E-state index in [0.29, 0.717) is 23.6 Å². The van der Waals surface area contributed by atoms with E-state index in [1.165, 1.54) is 36.2 Å². The van der Waals surface area contributed by atoms with Crippen LogP contribution in [0.5, 0.6) is 0 Å². The van der Waals surface area contributed by atoms with Crippen molar-refractivity contribution in [2.24, 2.45) is 17.8 Å². The van der Waals surface area contributed by atoms with Crippen molar-refractivity contribution in [2.75, 3.05) is 32.2 Å². The van der Waals surface area contributed by atoms with Gasteiger partial charge in [-0.15, -0.1) is 0 Å². The normalized spacial score (nSPS) is 25.2. The number of alkyl halides is 2. The molecule has 15 nitrogen and oxygen atoms in total. The van der Waals surface area contributed by atoms with E-state index in [1.54, 1.807) is 39.8 Å². The van der Waals surface area contributed by atoms with Crippen molar-refractivity contribution < 1.29 is 41.8 Å². The van der Waals surface area contributed by atoms with Crippen LogP contribution in [0.15, 0.2) is 48.5 Å². The van der Waals surface area contributed by atoms with Gasteiger partial charge in [0.2, 0.25) is 11.8 Å². The Morgan fingerprint density at radius 1 is 0.766 bits per heavy atom. The van der Waals surface area contributed by atoms with Gasteiger partial charge in [-0.25, -0.2) is 32.7 Å². The van der Waals surface area contributed by atoms with Gasteiger partial charge >= 0.3 is 12.2 Å². The molecule has 9 atom stereocenters. The van der Waals surface area contributed by atoms with Crippen molar-refractivity contribution in [3.63, 3.8) is 0 Å². The maximum absolute atomic E-state index is 15.1. The first-order valence-corrected chi connectivity index (χ1v) is 22.0. The first-order chi connectivity index (χ1) is 30.6. The summed E-state index contributed by atoms with van der Waals surface area (Å²) in [5, 5.41) is 5.21. The van der Waals surface area contributed by atoms with Gasteiger partial charge in [0.05, 0.1) is 67.9 Å². The minimum Gasteiger partial charge on any atom is -0.453 e. The third-order valence-corrected chi connectivity index (χ3v) is 13.2. The second kappa shape index (κ2) is 18.2. The van der Waals surface area contributed by atoms with E-state index in [1.807, 2.05) is 24.3 Å². The highest BCUT2D eigenvalue weighted by atomic mass is 19.1. The zero-order valence-corrected chi connectivity index (χ0v) is 36.8. The molecule has 8 rings (SSSR count). The number of halogens is 3. The molecule has 3 fully saturated rings. The maximum atomic E-state index is 15.1. The molecule has 18 heteroatoms.